The van der Waals surface area contributed by atoms with Crippen molar-refractivity contribution in [1.29, 1.82) is 0 Å². The quantitative estimate of drug-likeness (QED) is 0.892. The number of halogens is 3. The van der Waals surface area contributed by atoms with Crippen LogP contribution in [0.25, 0.3) is 0 Å². The van der Waals surface area contributed by atoms with Crippen LogP contribution < -0.4 is 10.2 Å². The van der Waals surface area contributed by atoms with Crippen molar-refractivity contribution in [1.82, 2.24) is 20.4 Å². The molecule has 140 valence electrons. The number of alkyl halides is 3. The molecular weight excluding hydrogens is 351 g/mol. The second kappa shape index (κ2) is 8.56. The molecule has 3 heterocycles. The van der Waals surface area contributed by atoms with Crippen LogP contribution in [0.1, 0.15) is 30.8 Å². The van der Waals surface area contributed by atoms with Crippen LogP contribution in [0.4, 0.5) is 13.2 Å². The Bertz CT molecular complexity index is 750. The Labute approximate surface area is 148 Å². The second-order valence-electron chi connectivity index (χ2n) is 4.91. The number of hydroxylamine groups is 1. The van der Waals surface area contributed by atoms with Gasteiger partial charge in [-0.15, -0.1) is 0 Å². The minimum atomic E-state index is -4.58. The average molecular weight is 369 g/mol. The van der Waals surface area contributed by atoms with E-state index in [1.165, 1.54) is 18.3 Å². The van der Waals surface area contributed by atoms with Crippen LogP contribution in [0.2, 0.25) is 0 Å². The summed E-state index contributed by atoms with van der Waals surface area (Å²) in [5.74, 6) is 0.175. The molecule has 1 N–H and O–H groups in total. The van der Waals surface area contributed by atoms with Crippen molar-refractivity contribution in [2.45, 2.75) is 39.8 Å². The van der Waals surface area contributed by atoms with Crippen molar-refractivity contribution in [2.24, 2.45) is 4.99 Å². The first-order chi connectivity index (χ1) is 12.4. The number of nitrogens with zero attached hydrogens (tertiary/aromatic N) is 4. The van der Waals surface area contributed by atoms with E-state index in [4.69, 9.17) is 4.74 Å². The number of ether oxygens (including phenoxy) is 1. The van der Waals surface area contributed by atoms with Gasteiger partial charge in [-0.05, 0) is 13.0 Å². The molecular formula is C16H18F3N5O2. The minimum absolute atomic E-state index is 0.0419. The molecule has 0 aliphatic carbocycles. The Kier molecular flexibility index (Phi) is 6.45. The van der Waals surface area contributed by atoms with Gasteiger partial charge in [0.2, 0.25) is 5.88 Å². The van der Waals surface area contributed by atoms with E-state index in [1.54, 1.807) is 12.4 Å². The van der Waals surface area contributed by atoms with Gasteiger partial charge in [-0.25, -0.2) is 20.3 Å². The van der Waals surface area contributed by atoms with Gasteiger partial charge in [-0.2, -0.15) is 13.2 Å². The van der Waals surface area contributed by atoms with Gasteiger partial charge in [0.15, 0.2) is 5.84 Å². The first kappa shape index (κ1) is 19.6. The van der Waals surface area contributed by atoms with Gasteiger partial charge >= 0.3 is 6.18 Å². The summed E-state index contributed by atoms with van der Waals surface area (Å²) in [6.45, 7) is 5.94. The fourth-order valence-electron chi connectivity index (χ4n) is 1.83. The van der Waals surface area contributed by atoms with Crippen LogP contribution in [0.5, 0.6) is 5.88 Å². The number of rotatable bonds is 4. The topological polar surface area (TPSA) is 81.5 Å². The third kappa shape index (κ3) is 5.12. The first-order valence-electron chi connectivity index (χ1n) is 7.85. The van der Waals surface area contributed by atoms with Crippen molar-refractivity contribution in [3.8, 4) is 5.88 Å². The zero-order valence-electron chi connectivity index (χ0n) is 14.4. The summed E-state index contributed by atoms with van der Waals surface area (Å²) >= 11 is 0. The van der Waals surface area contributed by atoms with Gasteiger partial charge in [-0.1, -0.05) is 13.8 Å². The van der Waals surface area contributed by atoms with Crippen molar-refractivity contribution >= 4 is 5.84 Å². The highest BCUT2D eigenvalue weighted by Gasteiger charge is 2.44. The molecule has 0 saturated carbocycles. The Morgan fingerprint density at radius 3 is 2.58 bits per heavy atom. The monoisotopic (exact) mass is 369 g/mol. The van der Waals surface area contributed by atoms with Crippen LogP contribution in [-0.2, 0) is 11.4 Å². The summed E-state index contributed by atoms with van der Waals surface area (Å²) in [5, 5.41) is 0. The smallest absolute Gasteiger partial charge is 0.437 e. The first-order valence-corrected chi connectivity index (χ1v) is 7.85. The highest BCUT2D eigenvalue weighted by atomic mass is 19.4. The number of aromatic nitrogens is 3. The van der Waals surface area contributed by atoms with Gasteiger partial charge in [0.25, 0.3) is 6.23 Å². The predicted molar refractivity (Wildman–Crippen MR) is 87.3 cm³/mol. The molecule has 0 amide bonds. The average Bonchev–Trinajstić information content (AvgIpc) is 3.14. The fraction of sp³-hybridized carbons (Fsp3) is 0.375. The van der Waals surface area contributed by atoms with Crippen molar-refractivity contribution in [2.75, 3.05) is 0 Å². The highest BCUT2D eigenvalue weighted by Crippen LogP contribution is 2.26. The summed E-state index contributed by atoms with van der Waals surface area (Å²) < 4.78 is 43.1. The number of amidine groups is 1. The molecule has 0 saturated heterocycles. The van der Waals surface area contributed by atoms with Gasteiger partial charge < -0.3 is 4.74 Å². The number of hydrogen-bond donors (Lipinski definition) is 1. The van der Waals surface area contributed by atoms with Crippen LogP contribution in [0.15, 0.2) is 35.7 Å². The molecule has 0 spiro atoms. The second-order valence-corrected chi connectivity index (χ2v) is 4.91. The van der Waals surface area contributed by atoms with E-state index in [9.17, 15) is 13.2 Å². The molecule has 26 heavy (non-hydrogen) atoms. The number of aliphatic imine (C=N–C) groups is 1. The molecule has 2 aromatic rings. The molecule has 1 atom stereocenters. The van der Waals surface area contributed by atoms with E-state index in [-0.39, 0.29) is 18.3 Å². The van der Waals surface area contributed by atoms with E-state index in [1.807, 2.05) is 20.8 Å². The van der Waals surface area contributed by atoms with Gasteiger partial charge in [0.05, 0.1) is 17.6 Å². The van der Waals surface area contributed by atoms with Crippen LogP contribution in [0, 0.1) is 6.92 Å². The van der Waals surface area contributed by atoms with Crippen LogP contribution in [-0.4, -0.2) is 33.2 Å². The lowest BCUT2D eigenvalue weighted by molar-refractivity contribution is -0.220. The van der Waals surface area contributed by atoms with Crippen molar-refractivity contribution in [3.05, 3.63) is 47.7 Å². The number of pyridine rings is 1. The van der Waals surface area contributed by atoms with Crippen molar-refractivity contribution in [3.63, 3.8) is 0 Å². The Morgan fingerprint density at radius 2 is 1.96 bits per heavy atom. The summed E-state index contributed by atoms with van der Waals surface area (Å²) in [6, 6.07) is 2.95. The lowest BCUT2D eigenvalue weighted by Gasteiger charge is -2.08. The molecule has 0 fully saturated rings. The third-order valence-electron chi connectivity index (χ3n) is 3.00. The summed E-state index contributed by atoms with van der Waals surface area (Å²) in [6.07, 6.45) is -2.23. The molecule has 1 aliphatic rings. The Hall–Kier alpha value is -2.75. The lowest BCUT2D eigenvalue weighted by Crippen LogP contribution is -2.29. The van der Waals surface area contributed by atoms with Crippen molar-refractivity contribution < 1.29 is 22.7 Å². The molecule has 0 aromatic carbocycles. The summed E-state index contributed by atoms with van der Waals surface area (Å²) in [5.41, 5.74) is 3.91. The normalized spacial score (nSPS) is 16.2. The van der Waals surface area contributed by atoms with Gasteiger partial charge in [0.1, 0.15) is 6.61 Å². The molecule has 1 unspecified atom stereocenters. The molecule has 10 heteroatoms. The Balaban J connectivity index is 0.00000117. The highest BCUT2D eigenvalue weighted by molar-refractivity contribution is 5.99. The van der Waals surface area contributed by atoms with E-state index < -0.39 is 12.4 Å². The SMILES string of the molecule is CC.Cc1cnc(COc2cc(C3=NC(C(F)(F)F)ON3)ccn2)cn1. The summed E-state index contributed by atoms with van der Waals surface area (Å²) in [4.78, 5) is 20.1. The molecule has 0 radical (unpaired) electrons. The van der Waals surface area contributed by atoms with E-state index in [0.29, 0.717) is 11.3 Å². The molecule has 7 nitrogen and oxygen atoms in total. The number of nitrogens with one attached hydrogen (secondary N) is 1. The zero-order valence-corrected chi connectivity index (χ0v) is 14.4. The van der Waals surface area contributed by atoms with Gasteiger partial charge in [0, 0.05) is 24.0 Å². The maximum atomic E-state index is 12.5. The predicted octanol–water partition coefficient (Wildman–Crippen LogP) is 2.96. The third-order valence-corrected chi connectivity index (χ3v) is 3.00. The molecule has 2 aromatic heterocycles. The van der Waals surface area contributed by atoms with Gasteiger partial charge in [-0.3, -0.25) is 9.97 Å². The minimum Gasteiger partial charge on any atom is -0.471 e. The zero-order chi connectivity index (χ0) is 19.2. The maximum absolute atomic E-state index is 12.5. The molecule has 3 rings (SSSR count). The number of aryl methyl sites for hydroxylation is 1. The van der Waals surface area contributed by atoms with Crippen LogP contribution in [0.3, 0.4) is 0 Å². The maximum Gasteiger partial charge on any atom is 0.437 e. The lowest BCUT2D eigenvalue weighted by atomic mass is 10.2. The fourth-order valence-corrected chi connectivity index (χ4v) is 1.83. The number of hydrogen-bond acceptors (Lipinski definition) is 7. The largest absolute Gasteiger partial charge is 0.471 e. The Morgan fingerprint density at radius 1 is 1.19 bits per heavy atom. The molecule has 1 aliphatic heterocycles. The van der Waals surface area contributed by atoms with E-state index >= 15 is 0 Å². The standard InChI is InChI=1S/C14H12F3N5O2.C2H6/c1-8-5-20-10(6-19-8)7-23-11-4-9(2-3-18-11)12-21-13(24-22-12)14(15,16)17;1-2/h2-6,13H,7H2,1H3,(H,21,22);1-2H3. The van der Waals surface area contributed by atoms with Crippen LogP contribution >= 0.6 is 0 Å². The summed E-state index contributed by atoms with van der Waals surface area (Å²) in [7, 11) is 0. The molecule has 0 bridgehead atoms. The van der Waals surface area contributed by atoms with E-state index in [0.717, 1.165) is 5.69 Å². The van der Waals surface area contributed by atoms with E-state index in [2.05, 4.69) is 30.3 Å².